The minimum atomic E-state index is 0. The summed E-state index contributed by atoms with van der Waals surface area (Å²) in [6.45, 7) is 2.86. The first-order valence-electron chi connectivity index (χ1n) is 8.18. The van der Waals surface area contributed by atoms with Gasteiger partial charge in [-0.05, 0) is 49.1 Å². The molecular formula is C19H20ClN3OS. The van der Waals surface area contributed by atoms with E-state index < -0.39 is 0 Å². The molecule has 3 aromatic rings. The zero-order valence-corrected chi connectivity index (χ0v) is 15.6. The summed E-state index contributed by atoms with van der Waals surface area (Å²) in [7, 11) is 0. The van der Waals surface area contributed by atoms with E-state index in [0.29, 0.717) is 5.75 Å². The van der Waals surface area contributed by atoms with Gasteiger partial charge in [0.15, 0.2) is 5.16 Å². The van der Waals surface area contributed by atoms with Crippen LogP contribution in [0.2, 0.25) is 0 Å². The van der Waals surface area contributed by atoms with Gasteiger partial charge in [-0.1, -0.05) is 36.0 Å². The highest BCUT2D eigenvalue weighted by molar-refractivity contribution is 7.99. The Morgan fingerprint density at radius 1 is 1.28 bits per heavy atom. The standard InChI is InChI=1S/C19H19N3OS.ClH/c1-13-8-9-15-16(11-13)21-19(20-15)24-12-18(23)22-10-4-6-14-5-2-3-7-17(14)22;/h2-3,5,7-9,11H,4,6,10,12H2,1H3,(H,20,21);1H. The van der Waals surface area contributed by atoms with Crippen molar-refractivity contribution in [2.45, 2.75) is 24.9 Å². The lowest BCUT2D eigenvalue weighted by molar-refractivity contribution is -0.116. The highest BCUT2D eigenvalue weighted by Gasteiger charge is 2.22. The number of carbonyl (C=O) groups excluding carboxylic acids is 1. The van der Waals surface area contributed by atoms with E-state index in [2.05, 4.69) is 29.0 Å². The van der Waals surface area contributed by atoms with Gasteiger partial charge in [0.05, 0.1) is 16.8 Å². The van der Waals surface area contributed by atoms with Crippen LogP contribution < -0.4 is 4.90 Å². The lowest BCUT2D eigenvalue weighted by atomic mass is 10.0. The molecule has 4 rings (SSSR count). The van der Waals surface area contributed by atoms with Crippen LogP contribution >= 0.6 is 24.2 Å². The van der Waals surface area contributed by atoms with Gasteiger partial charge >= 0.3 is 0 Å². The van der Waals surface area contributed by atoms with E-state index in [-0.39, 0.29) is 18.3 Å². The number of carbonyl (C=O) groups is 1. The second-order valence-electron chi connectivity index (χ2n) is 6.13. The lowest BCUT2D eigenvalue weighted by Crippen LogP contribution is -2.36. The molecular weight excluding hydrogens is 354 g/mol. The molecule has 2 aromatic carbocycles. The zero-order chi connectivity index (χ0) is 16.5. The van der Waals surface area contributed by atoms with Gasteiger partial charge in [-0.25, -0.2) is 4.98 Å². The molecule has 0 saturated carbocycles. The van der Waals surface area contributed by atoms with Crippen LogP contribution in [0.15, 0.2) is 47.6 Å². The summed E-state index contributed by atoms with van der Waals surface area (Å²) in [6, 6.07) is 14.3. The number of rotatable bonds is 3. The van der Waals surface area contributed by atoms with Crippen molar-refractivity contribution in [2.24, 2.45) is 0 Å². The quantitative estimate of drug-likeness (QED) is 0.694. The Morgan fingerprint density at radius 2 is 2.12 bits per heavy atom. The van der Waals surface area contributed by atoms with Crippen LogP contribution in [0.4, 0.5) is 5.69 Å². The number of para-hydroxylation sites is 1. The number of thioether (sulfide) groups is 1. The maximum Gasteiger partial charge on any atom is 0.237 e. The number of anilines is 1. The number of fused-ring (bicyclic) bond motifs is 2. The summed E-state index contributed by atoms with van der Waals surface area (Å²) in [5, 5.41) is 0.800. The van der Waals surface area contributed by atoms with Gasteiger partial charge in [0.2, 0.25) is 5.91 Å². The maximum absolute atomic E-state index is 12.7. The van der Waals surface area contributed by atoms with Crippen LogP contribution in [0.3, 0.4) is 0 Å². The normalized spacial score (nSPS) is 13.4. The van der Waals surface area contributed by atoms with Crippen molar-refractivity contribution in [3.05, 3.63) is 53.6 Å². The topological polar surface area (TPSA) is 49.0 Å². The average Bonchev–Trinajstić information content (AvgIpc) is 3.01. The van der Waals surface area contributed by atoms with Crippen molar-refractivity contribution >= 4 is 46.8 Å². The molecule has 0 radical (unpaired) electrons. The summed E-state index contributed by atoms with van der Waals surface area (Å²) in [5.41, 5.74) is 5.49. The number of benzene rings is 2. The predicted molar refractivity (Wildman–Crippen MR) is 106 cm³/mol. The van der Waals surface area contributed by atoms with Gasteiger partial charge in [-0.2, -0.15) is 0 Å². The first-order chi connectivity index (χ1) is 11.7. The van der Waals surface area contributed by atoms with E-state index in [1.54, 1.807) is 0 Å². The van der Waals surface area contributed by atoms with Gasteiger partial charge in [-0.15, -0.1) is 12.4 Å². The van der Waals surface area contributed by atoms with Crippen LogP contribution in [0.25, 0.3) is 11.0 Å². The molecule has 0 spiro atoms. The van der Waals surface area contributed by atoms with E-state index in [1.165, 1.54) is 22.9 Å². The fourth-order valence-electron chi connectivity index (χ4n) is 3.17. The number of H-pyrrole nitrogens is 1. The third-order valence-electron chi connectivity index (χ3n) is 4.36. The number of hydrogen-bond donors (Lipinski definition) is 1. The van der Waals surface area contributed by atoms with E-state index in [9.17, 15) is 4.79 Å². The van der Waals surface area contributed by atoms with Crippen LogP contribution in [0.5, 0.6) is 0 Å². The number of aryl methyl sites for hydroxylation is 2. The summed E-state index contributed by atoms with van der Waals surface area (Å²) in [6.07, 6.45) is 2.08. The number of hydrogen-bond acceptors (Lipinski definition) is 3. The Balaban J connectivity index is 0.00000182. The molecule has 1 aliphatic rings. The molecule has 0 saturated heterocycles. The Bertz CT molecular complexity index is 909. The molecule has 25 heavy (non-hydrogen) atoms. The Kier molecular flexibility index (Phi) is 5.35. The van der Waals surface area contributed by atoms with Gasteiger partial charge in [0.1, 0.15) is 0 Å². The molecule has 1 amide bonds. The number of nitrogens with zero attached hydrogens (tertiary/aromatic N) is 2. The average molecular weight is 374 g/mol. The second-order valence-corrected chi connectivity index (χ2v) is 7.09. The third kappa shape index (κ3) is 3.67. The molecule has 1 aliphatic heterocycles. The van der Waals surface area contributed by atoms with Gasteiger partial charge in [-0.3, -0.25) is 4.79 Å². The fraction of sp³-hybridized carbons (Fsp3) is 0.263. The van der Waals surface area contributed by atoms with Crippen LogP contribution in [0.1, 0.15) is 17.5 Å². The van der Waals surface area contributed by atoms with E-state index in [4.69, 9.17) is 0 Å². The Labute approximate surface area is 157 Å². The maximum atomic E-state index is 12.7. The summed E-state index contributed by atoms with van der Waals surface area (Å²) in [4.78, 5) is 22.4. The number of aromatic nitrogens is 2. The van der Waals surface area contributed by atoms with Crippen LogP contribution in [0, 0.1) is 6.92 Å². The van der Waals surface area contributed by atoms with E-state index >= 15 is 0 Å². The molecule has 4 nitrogen and oxygen atoms in total. The van der Waals surface area contributed by atoms with Crippen molar-refractivity contribution in [1.82, 2.24) is 9.97 Å². The number of amides is 1. The molecule has 0 atom stereocenters. The number of imidazole rings is 1. The van der Waals surface area contributed by atoms with Crippen LogP contribution in [-0.4, -0.2) is 28.2 Å². The molecule has 0 aliphatic carbocycles. The highest BCUT2D eigenvalue weighted by Crippen LogP contribution is 2.28. The molecule has 6 heteroatoms. The van der Waals surface area contributed by atoms with Gasteiger partial charge in [0.25, 0.3) is 0 Å². The molecule has 0 unspecified atom stereocenters. The molecule has 1 aromatic heterocycles. The second kappa shape index (κ2) is 7.50. The smallest absolute Gasteiger partial charge is 0.237 e. The van der Waals surface area contributed by atoms with Crippen LogP contribution in [-0.2, 0) is 11.2 Å². The summed E-state index contributed by atoms with van der Waals surface area (Å²) < 4.78 is 0. The van der Waals surface area contributed by atoms with Crippen molar-refractivity contribution in [3.63, 3.8) is 0 Å². The van der Waals surface area contributed by atoms with E-state index in [0.717, 1.165) is 41.3 Å². The number of nitrogens with one attached hydrogen (secondary N) is 1. The van der Waals surface area contributed by atoms with Gasteiger partial charge < -0.3 is 9.88 Å². The van der Waals surface area contributed by atoms with Crippen molar-refractivity contribution < 1.29 is 4.79 Å². The third-order valence-corrected chi connectivity index (χ3v) is 5.22. The summed E-state index contributed by atoms with van der Waals surface area (Å²) >= 11 is 1.47. The van der Waals surface area contributed by atoms with Gasteiger partial charge in [0, 0.05) is 12.2 Å². The Hall–Kier alpha value is -1.98. The minimum absolute atomic E-state index is 0. The fourth-order valence-corrected chi connectivity index (χ4v) is 3.93. The van der Waals surface area contributed by atoms with E-state index in [1.807, 2.05) is 35.2 Å². The minimum Gasteiger partial charge on any atom is -0.333 e. The molecule has 2 heterocycles. The molecule has 0 bridgehead atoms. The first-order valence-corrected chi connectivity index (χ1v) is 9.17. The molecule has 1 N–H and O–H groups in total. The predicted octanol–water partition coefficient (Wildman–Crippen LogP) is 4.36. The first kappa shape index (κ1) is 17.8. The molecule has 0 fully saturated rings. The van der Waals surface area contributed by atoms with Crippen molar-refractivity contribution in [2.75, 3.05) is 17.2 Å². The number of halogens is 1. The zero-order valence-electron chi connectivity index (χ0n) is 14.0. The Morgan fingerprint density at radius 3 is 3.00 bits per heavy atom. The van der Waals surface area contributed by atoms with Crippen molar-refractivity contribution in [1.29, 1.82) is 0 Å². The van der Waals surface area contributed by atoms with Crippen molar-refractivity contribution in [3.8, 4) is 0 Å². The lowest BCUT2D eigenvalue weighted by Gasteiger charge is -2.29. The molecule has 130 valence electrons. The largest absolute Gasteiger partial charge is 0.333 e. The SMILES string of the molecule is Cc1ccc2nc(SCC(=O)N3CCCc4ccccc43)[nH]c2c1.Cl. The number of aromatic amines is 1. The highest BCUT2D eigenvalue weighted by atomic mass is 35.5. The monoisotopic (exact) mass is 373 g/mol. The summed E-state index contributed by atoms with van der Waals surface area (Å²) in [5.74, 6) is 0.538.